The van der Waals surface area contributed by atoms with Crippen molar-refractivity contribution < 1.29 is 13.5 Å². The monoisotopic (exact) mass is 257 g/mol. The Balaban J connectivity index is 2.85. The van der Waals surface area contributed by atoms with Gasteiger partial charge in [-0.05, 0) is 50.5 Å². The minimum Gasteiger partial charge on any atom is -0.374 e. The van der Waals surface area contributed by atoms with Gasteiger partial charge in [-0.2, -0.15) is 0 Å². The van der Waals surface area contributed by atoms with Gasteiger partial charge in [0.2, 0.25) is 0 Å². The van der Waals surface area contributed by atoms with Crippen molar-refractivity contribution >= 4 is 0 Å². The lowest BCUT2D eigenvalue weighted by molar-refractivity contribution is -0.0462. The zero-order valence-corrected chi connectivity index (χ0v) is 11.2. The van der Waals surface area contributed by atoms with Gasteiger partial charge in [0.25, 0.3) is 0 Å². The van der Waals surface area contributed by atoms with Gasteiger partial charge >= 0.3 is 0 Å². The molecule has 4 heteroatoms. The van der Waals surface area contributed by atoms with Crippen LogP contribution in [0.2, 0.25) is 0 Å². The van der Waals surface area contributed by atoms with E-state index in [0.717, 1.165) is 18.6 Å². The van der Waals surface area contributed by atoms with Crippen LogP contribution >= 0.6 is 0 Å². The van der Waals surface area contributed by atoms with Crippen molar-refractivity contribution in [1.82, 2.24) is 0 Å². The average Bonchev–Trinajstić information content (AvgIpc) is 2.34. The molecule has 1 aromatic rings. The maximum Gasteiger partial charge on any atom is 0.126 e. The van der Waals surface area contributed by atoms with Crippen LogP contribution < -0.4 is 5.73 Å². The van der Waals surface area contributed by atoms with Gasteiger partial charge in [-0.3, -0.25) is 0 Å². The molecule has 0 radical (unpaired) electrons. The summed E-state index contributed by atoms with van der Waals surface area (Å²) in [7, 11) is 0. The zero-order valence-electron chi connectivity index (χ0n) is 11.2. The SMILES string of the molecule is CCOC(C)(CC)C(N)Cc1cc(F)ccc1F. The first-order valence-corrected chi connectivity index (χ1v) is 6.26. The molecule has 0 saturated carbocycles. The third-order valence-electron chi connectivity index (χ3n) is 3.41. The van der Waals surface area contributed by atoms with Crippen LogP contribution in [-0.2, 0) is 11.2 Å². The highest BCUT2D eigenvalue weighted by Gasteiger charge is 2.31. The van der Waals surface area contributed by atoms with Gasteiger partial charge in [0.15, 0.2) is 0 Å². The summed E-state index contributed by atoms with van der Waals surface area (Å²) in [6.07, 6.45) is 0.979. The number of hydrogen-bond acceptors (Lipinski definition) is 2. The topological polar surface area (TPSA) is 35.2 Å². The van der Waals surface area contributed by atoms with Crippen LogP contribution in [0, 0.1) is 11.6 Å². The Morgan fingerprint density at radius 2 is 2.00 bits per heavy atom. The first kappa shape index (κ1) is 15.1. The van der Waals surface area contributed by atoms with E-state index in [1.807, 2.05) is 20.8 Å². The van der Waals surface area contributed by atoms with Crippen LogP contribution in [0.3, 0.4) is 0 Å². The Kier molecular flexibility index (Phi) is 5.23. The molecule has 0 aromatic heterocycles. The van der Waals surface area contributed by atoms with Crippen molar-refractivity contribution in [2.24, 2.45) is 5.73 Å². The standard InChI is InChI=1S/C14H21F2NO/c1-4-14(3,18-5-2)13(17)9-10-8-11(15)6-7-12(10)16/h6-8,13H,4-5,9,17H2,1-3H3. The van der Waals surface area contributed by atoms with Gasteiger partial charge in [0.05, 0.1) is 5.60 Å². The lowest BCUT2D eigenvalue weighted by atomic mass is 9.89. The van der Waals surface area contributed by atoms with Crippen LogP contribution in [0.25, 0.3) is 0 Å². The average molecular weight is 257 g/mol. The van der Waals surface area contributed by atoms with Crippen LogP contribution in [0.15, 0.2) is 18.2 Å². The van der Waals surface area contributed by atoms with Crippen molar-refractivity contribution in [3.63, 3.8) is 0 Å². The summed E-state index contributed by atoms with van der Waals surface area (Å²) in [4.78, 5) is 0. The fourth-order valence-corrected chi connectivity index (χ4v) is 1.95. The van der Waals surface area contributed by atoms with E-state index < -0.39 is 17.2 Å². The van der Waals surface area contributed by atoms with Gasteiger partial charge in [-0.1, -0.05) is 6.92 Å². The van der Waals surface area contributed by atoms with Gasteiger partial charge in [0.1, 0.15) is 11.6 Å². The molecule has 0 heterocycles. The van der Waals surface area contributed by atoms with Gasteiger partial charge in [-0.15, -0.1) is 0 Å². The molecule has 0 spiro atoms. The number of ether oxygens (including phenoxy) is 1. The lowest BCUT2D eigenvalue weighted by Gasteiger charge is -2.34. The smallest absolute Gasteiger partial charge is 0.126 e. The second-order valence-corrected chi connectivity index (χ2v) is 4.65. The highest BCUT2D eigenvalue weighted by Crippen LogP contribution is 2.23. The second kappa shape index (κ2) is 6.25. The zero-order chi connectivity index (χ0) is 13.8. The molecule has 102 valence electrons. The summed E-state index contributed by atoms with van der Waals surface area (Å²) in [5, 5.41) is 0. The molecule has 0 bridgehead atoms. The summed E-state index contributed by atoms with van der Waals surface area (Å²) in [6, 6.07) is 3.04. The lowest BCUT2D eigenvalue weighted by Crippen LogP contribution is -2.48. The predicted molar refractivity (Wildman–Crippen MR) is 68.4 cm³/mol. The first-order valence-electron chi connectivity index (χ1n) is 6.26. The minimum atomic E-state index is -0.520. The van der Waals surface area contributed by atoms with Crippen molar-refractivity contribution in [1.29, 1.82) is 0 Å². The van der Waals surface area contributed by atoms with E-state index in [2.05, 4.69) is 0 Å². The van der Waals surface area contributed by atoms with Crippen molar-refractivity contribution in [3.05, 3.63) is 35.4 Å². The Labute approximate surface area is 107 Å². The quantitative estimate of drug-likeness (QED) is 0.850. The molecule has 0 aliphatic heterocycles. The van der Waals surface area contributed by atoms with Gasteiger partial charge in [0, 0.05) is 12.6 Å². The number of halogens is 2. The minimum absolute atomic E-state index is 0.258. The van der Waals surface area contributed by atoms with E-state index in [0.29, 0.717) is 12.2 Å². The van der Waals surface area contributed by atoms with Crippen molar-refractivity contribution in [2.75, 3.05) is 6.61 Å². The summed E-state index contributed by atoms with van der Waals surface area (Å²) in [5.74, 6) is -0.880. The second-order valence-electron chi connectivity index (χ2n) is 4.65. The van der Waals surface area contributed by atoms with Crippen LogP contribution in [-0.4, -0.2) is 18.2 Å². The summed E-state index contributed by atoms with van der Waals surface area (Å²) in [6.45, 7) is 6.31. The maximum atomic E-state index is 13.5. The van der Waals surface area contributed by atoms with E-state index in [9.17, 15) is 8.78 Å². The Morgan fingerprint density at radius 3 is 2.56 bits per heavy atom. The summed E-state index contributed by atoms with van der Waals surface area (Å²) >= 11 is 0. The van der Waals surface area contributed by atoms with E-state index in [1.54, 1.807) is 0 Å². The molecule has 0 aliphatic carbocycles. The Hall–Kier alpha value is -1.00. The van der Waals surface area contributed by atoms with Gasteiger partial charge in [-0.25, -0.2) is 8.78 Å². The maximum absolute atomic E-state index is 13.5. The van der Waals surface area contributed by atoms with Crippen LogP contribution in [0.5, 0.6) is 0 Å². The molecule has 0 aliphatic rings. The largest absolute Gasteiger partial charge is 0.374 e. The molecular weight excluding hydrogens is 236 g/mol. The normalized spacial score (nSPS) is 16.3. The molecule has 2 unspecified atom stereocenters. The highest BCUT2D eigenvalue weighted by molar-refractivity contribution is 5.20. The van der Waals surface area contributed by atoms with Crippen LogP contribution in [0.1, 0.15) is 32.8 Å². The molecule has 18 heavy (non-hydrogen) atoms. The third-order valence-corrected chi connectivity index (χ3v) is 3.41. The summed E-state index contributed by atoms with van der Waals surface area (Å²) < 4.78 is 32.3. The van der Waals surface area contributed by atoms with Gasteiger partial charge < -0.3 is 10.5 Å². The molecule has 2 nitrogen and oxygen atoms in total. The van der Waals surface area contributed by atoms with E-state index >= 15 is 0 Å². The molecule has 1 rings (SSSR count). The first-order chi connectivity index (χ1) is 8.42. The molecule has 2 N–H and O–H groups in total. The third kappa shape index (κ3) is 3.50. The Bertz CT molecular complexity index is 397. The highest BCUT2D eigenvalue weighted by atomic mass is 19.1. The molecule has 0 fully saturated rings. The molecule has 0 amide bonds. The fraction of sp³-hybridized carbons (Fsp3) is 0.571. The fourth-order valence-electron chi connectivity index (χ4n) is 1.95. The Morgan fingerprint density at radius 1 is 1.33 bits per heavy atom. The molecular formula is C14H21F2NO. The van der Waals surface area contributed by atoms with Crippen molar-refractivity contribution in [2.45, 2.75) is 45.3 Å². The molecule has 0 saturated heterocycles. The number of nitrogens with two attached hydrogens (primary N) is 1. The number of benzene rings is 1. The van der Waals surface area contributed by atoms with E-state index in [1.165, 1.54) is 6.07 Å². The van der Waals surface area contributed by atoms with Crippen LogP contribution in [0.4, 0.5) is 8.78 Å². The molecule has 2 atom stereocenters. The van der Waals surface area contributed by atoms with Crippen molar-refractivity contribution in [3.8, 4) is 0 Å². The molecule has 1 aromatic carbocycles. The predicted octanol–water partition coefficient (Wildman–Crippen LogP) is 3.04. The van der Waals surface area contributed by atoms with E-state index in [-0.39, 0.29) is 12.5 Å². The number of rotatable bonds is 6. The van der Waals surface area contributed by atoms with E-state index in [4.69, 9.17) is 10.5 Å². The number of hydrogen-bond donors (Lipinski definition) is 1. The summed E-state index contributed by atoms with van der Waals surface area (Å²) in [5.41, 5.74) is 5.86.